The summed E-state index contributed by atoms with van der Waals surface area (Å²) in [4.78, 5) is 0. The van der Waals surface area contributed by atoms with Gasteiger partial charge >= 0.3 is 0 Å². The first kappa shape index (κ1) is 14.5. The van der Waals surface area contributed by atoms with E-state index in [2.05, 4.69) is 52.2 Å². The third-order valence-corrected chi connectivity index (χ3v) is 4.97. The Labute approximate surface area is 142 Å². The maximum atomic E-state index is 6.24. The van der Waals surface area contributed by atoms with Crippen molar-refractivity contribution in [2.45, 2.75) is 24.8 Å². The van der Waals surface area contributed by atoms with E-state index < -0.39 is 0 Å². The van der Waals surface area contributed by atoms with Crippen LogP contribution in [0.25, 0.3) is 0 Å². The summed E-state index contributed by atoms with van der Waals surface area (Å²) in [5.41, 5.74) is 2.37. The molecule has 2 aromatic carbocycles. The van der Waals surface area contributed by atoms with E-state index in [4.69, 9.17) is 23.2 Å². The summed E-state index contributed by atoms with van der Waals surface area (Å²) in [5.74, 6) is 0.605. The molecule has 0 unspecified atom stereocenters. The van der Waals surface area contributed by atoms with Crippen molar-refractivity contribution in [1.29, 1.82) is 0 Å². The van der Waals surface area contributed by atoms with Gasteiger partial charge < -0.3 is 5.32 Å². The fourth-order valence-corrected chi connectivity index (χ4v) is 3.70. The quantitative estimate of drug-likeness (QED) is 0.608. The van der Waals surface area contributed by atoms with E-state index in [1.807, 2.05) is 18.2 Å². The molecule has 1 aliphatic rings. The van der Waals surface area contributed by atoms with Gasteiger partial charge in [0.05, 0.1) is 10.7 Å². The number of hydrogen-bond acceptors (Lipinski definition) is 1. The molecule has 1 N–H and O–H groups in total. The first-order valence-electron chi connectivity index (χ1n) is 6.59. The Morgan fingerprint density at radius 3 is 2.55 bits per heavy atom. The van der Waals surface area contributed by atoms with Crippen LogP contribution in [-0.2, 0) is 0 Å². The molecule has 0 bridgehead atoms. The third-order valence-electron chi connectivity index (χ3n) is 3.75. The highest BCUT2D eigenvalue weighted by Gasteiger charge is 2.30. The van der Waals surface area contributed by atoms with Crippen LogP contribution in [-0.4, -0.2) is 6.04 Å². The number of hydrogen-bond donors (Lipinski definition) is 1. The number of nitrogens with one attached hydrogen (secondary N) is 1. The predicted molar refractivity (Wildman–Crippen MR) is 95.0 cm³/mol. The summed E-state index contributed by atoms with van der Waals surface area (Å²) in [7, 11) is 0. The highest BCUT2D eigenvalue weighted by Crippen LogP contribution is 2.40. The zero-order valence-corrected chi connectivity index (χ0v) is 14.4. The fraction of sp³-hybridized carbons (Fsp3) is 0.250. The zero-order chi connectivity index (χ0) is 14.1. The summed E-state index contributed by atoms with van der Waals surface area (Å²) < 4.78 is 1.16. The van der Waals surface area contributed by atoms with Gasteiger partial charge in [0, 0.05) is 14.6 Å². The Bertz CT molecular complexity index is 624. The van der Waals surface area contributed by atoms with Crippen molar-refractivity contribution < 1.29 is 0 Å². The Morgan fingerprint density at radius 2 is 1.85 bits per heavy atom. The van der Waals surface area contributed by atoms with Gasteiger partial charge in [-0.3, -0.25) is 0 Å². The molecule has 4 heteroatoms. The minimum Gasteiger partial charge on any atom is -0.381 e. The van der Waals surface area contributed by atoms with Crippen molar-refractivity contribution in [2.75, 3.05) is 5.32 Å². The Balaban J connectivity index is 1.61. The van der Waals surface area contributed by atoms with Gasteiger partial charge in [-0.1, -0.05) is 35.3 Å². The summed E-state index contributed by atoms with van der Waals surface area (Å²) in [6.07, 6.45) is 2.26. The number of anilines is 1. The SMILES string of the molecule is Clc1cccc(C2CC(Nc3ccc(I)cc3Cl)C2)c1. The first-order chi connectivity index (χ1) is 9.61. The second-order valence-electron chi connectivity index (χ2n) is 5.19. The van der Waals surface area contributed by atoms with Crippen molar-refractivity contribution in [3.63, 3.8) is 0 Å². The van der Waals surface area contributed by atoms with Gasteiger partial charge in [-0.05, 0) is 77.2 Å². The lowest BCUT2D eigenvalue weighted by Crippen LogP contribution is -2.34. The third kappa shape index (κ3) is 3.23. The number of rotatable bonds is 3. The van der Waals surface area contributed by atoms with Crippen LogP contribution in [0.1, 0.15) is 24.3 Å². The summed E-state index contributed by atoms with van der Waals surface area (Å²) in [6, 6.07) is 14.8. The van der Waals surface area contributed by atoms with Crippen molar-refractivity contribution in [1.82, 2.24) is 0 Å². The monoisotopic (exact) mass is 417 g/mol. The van der Waals surface area contributed by atoms with Gasteiger partial charge in [-0.2, -0.15) is 0 Å². The standard InChI is InChI=1S/C16H14Cl2IN/c17-12-3-1-2-10(6-12)11-7-14(8-11)20-16-5-4-13(19)9-15(16)18/h1-6,9,11,14,20H,7-8H2. The topological polar surface area (TPSA) is 12.0 Å². The van der Waals surface area contributed by atoms with E-state index in [0.29, 0.717) is 12.0 Å². The minimum absolute atomic E-state index is 0.497. The van der Waals surface area contributed by atoms with Crippen LogP contribution in [0.2, 0.25) is 10.0 Å². The Hall–Kier alpha value is -0.450. The lowest BCUT2D eigenvalue weighted by Gasteiger charge is -2.37. The number of halogens is 3. The largest absolute Gasteiger partial charge is 0.381 e. The molecular formula is C16H14Cl2IN. The molecule has 1 aliphatic carbocycles. The average molecular weight is 418 g/mol. The van der Waals surface area contributed by atoms with Crippen molar-refractivity contribution in [2.24, 2.45) is 0 Å². The number of benzene rings is 2. The van der Waals surface area contributed by atoms with Gasteiger partial charge in [0.15, 0.2) is 0 Å². The van der Waals surface area contributed by atoms with Crippen LogP contribution in [0.3, 0.4) is 0 Å². The van der Waals surface area contributed by atoms with E-state index in [0.717, 1.165) is 32.1 Å². The average Bonchev–Trinajstić information content (AvgIpc) is 2.35. The maximum Gasteiger partial charge on any atom is 0.0648 e. The second-order valence-corrected chi connectivity index (χ2v) is 7.28. The van der Waals surface area contributed by atoms with Gasteiger partial charge in [0.1, 0.15) is 0 Å². The maximum absolute atomic E-state index is 6.24. The molecule has 1 fully saturated rings. The minimum atomic E-state index is 0.497. The first-order valence-corrected chi connectivity index (χ1v) is 8.42. The smallest absolute Gasteiger partial charge is 0.0648 e. The van der Waals surface area contributed by atoms with E-state index in [1.54, 1.807) is 0 Å². The van der Waals surface area contributed by atoms with Gasteiger partial charge in [-0.25, -0.2) is 0 Å². The van der Waals surface area contributed by atoms with Crippen molar-refractivity contribution in [3.05, 3.63) is 61.6 Å². The van der Waals surface area contributed by atoms with Crippen LogP contribution >= 0.6 is 45.8 Å². The van der Waals surface area contributed by atoms with Crippen molar-refractivity contribution >= 4 is 51.5 Å². The van der Waals surface area contributed by atoms with Gasteiger partial charge in [0.2, 0.25) is 0 Å². The molecule has 0 amide bonds. The summed E-state index contributed by atoms with van der Waals surface area (Å²) in [5, 5.41) is 5.13. The molecule has 0 saturated heterocycles. The van der Waals surface area contributed by atoms with Crippen LogP contribution in [0.4, 0.5) is 5.69 Å². The molecular weight excluding hydrogens is 404 g/mol. The molecule has 104 valence electrons. The van der Waals surface area contributed by atoms with E-state index >= 15 is 0 Å². The second kappa shape index (κ2) is 6.12. The van der Waals surface area contributed by atoms with E-state index in [9.17, 15) is 0 Å². The van der Waals surface area contributed by atoms with Gasteiger partial charge in [-0.15, -0.1) is 0 Å². The molecule has 1 nitrogen and oxygen atoms in total. The molecule has 3 rings (SSSR count). The zero-order valence-electron chi connectivity index (χ0n) is 10.7. The summed E-state index contributed by atoms with van der Waals surface area (Å²) >= 11 is 14.6. The van der Waals surface area contributed by atoms with Crippen LogP contribution in [0, 0.1) is 3.57 Å². The molecule has 1 saturated carbocycles. The van der Waals surface area contributed by atoms with Crippen LogP contribution in [0.15, 0.2) is 42.5 Å². The molecule has 0 aromatic heterocycles. The van der Waals surface area contributed by atoms with Crippen molar-refractivity contribution in [3.8, 4) is 0 Å². The fourth-order valence-electron chi connectivity index (χ4n) is 2.59. The van der Waals surface area contributed by atoms with E-state index in [-0.39, 0.29) is 0 Å². The Morgan fingerprint density at radius 1 is 1.05 bits per heavy atom. The lowest BCUT2D eigenvalue weighted by molar-refractivity contribution is 0.374. The molecule has 0 radical (unpaired) electrons. The summed E-state index contributed by atoms with van der Waals surface area (Å²) in [6.45, 7) is 0. The van der Waals surface area contributed by atoms with E-state index in [1.165, 1.54) is 5.56 Å². The molecule has 0 spiro atoms. The van der Waals surface area contributed by atoms with Gasteiger partial charge in [0.25, 0.3) is 0 Å². The molecule has 2 aromatic rings. The normalized spacial score (nSPS) is 21.4. The van der Waals surface area contributed by atoms with Crippen LogP contribution < -0.4 is 5.32 Å². The molecule has 20 heavy (non-hydrogen) atoms. The molecule has 0 atom stereocenters. The predicted octanol–water partition coefficient (Wildman–Crippen LogP) is 5.96. The highest BCUT2D eigenvalue weighted by molar-refractivity contribution is 14.1. The highest BCUT2D eigenvalue weighted by atomic mass is 127. The lowest BCUT2D eigenvalue weighted by atomic mass is 9.76. The van der Waals surface area contributed by atoms with Crippen LogP contribution in [0.5, 0.6) is 0 Å². The Kier molecular flexibility index (Phi) is 4.43. The molecule has 0 aliphatic heterocycles. The molecule has 0 heterocycles.